The fourth-order valence-electron chi connectivity index (χ4n) is 2.67. The summed E-state index contributed by atoms with van der Waals surface area (Å²) in [5.41, 5.74) is 0. The van der Waals surface area contributed by atoms with E-state index in [1.165, 1.54) is 38.2 Å². The molecular weight excluding hydrogens is 245 g/mol. The number of nitrogens with one attached hydrogen (secondary N) is 1. The minimum atomic E-state index is -0.0989. The van der Waals surface area contributed by atoms with E-state index in [1.807, 2.05) is 19.2 Å². The van der Waals surface area contributed by atoms with Crippen LogP contribution in [0.5, 0.6) is 0 Å². The number of hydrogen-bond acceptors (Lipinski definition) is 2. The number of thioether (sulfide) groups is 1. The molecule has 1 saturated carbocycles. The molecule has 1 nitrogen and oxygen atoms in total. The van der Waals surface area contributed by atoms with Crippen molar-refractivity contribution >= 4 is 11.8 Å². The first-order valence-corrected chi connectivity index (χ1v) is 7.82. The molecule has 1 N–H and O–H groups in total. The van der Waals surface area contributed by atoms with Crippen LogP contribution in [0.25, 0.3) is 0 Å². The second-order valence-electron chi connectivity index (χ2n) is 5.11. The van der Waals surface area contributed by atoms with Gasteiger partial charge in [0.05, 0.1) is 0 Å². The average Bonchev–Trinajstić information content (AvgIpc) is 2.89. The number of halogens is 1. The van der Waals surface area contributed by atoms with Crippen LogP contribution < -0.4 is 5.32 Å². The second kappa shape index (κ2) is 7.15. The minimum Gasteiger partial charge on any atom is -0.316 e. The first kappa shape index (κ1) is 13.9. The van der Waals surface area contributed by atoms with E-state index in [9.17, 15) is 4.39 Å². The first-order valence-electron chi connectivity index (χ1n) is 6.84. The van der Waals surface area contributed by atoms with Crippen molar-refractivity contribution < 1.29 is 4.39 Å². The van der Waals surface area contributed by atoms with Crippen LogP contribution in [0.2, 0.25) is 0 Å². The summed E-state index contributed by atoms with van der Waals surface area (Å²) < 4.78 is 13.5. The maximum Gasteiger partial charge on any atom is 0.136 e. The van der Waals surface area contributed by atoms with E-state index < -0.39 is 0 Å². The highest BCUT2D eigenvalue weighted by molar-refractivity contribution is 7.99. The van der Waals surface area contributed by atoms with E-state index in [0.29, 0.717) is 6.04 Å². The van der Waals surface area contributed by atoms with Crippen molar-refractivity contribution in [3.8, 4) is 0 Å². The van der Waals surface area contributed by atoms with Gasteiger partial charge >= 0.3 is 0 Å². The predicted molar refractivity (Wildman–Crippen MR) is 76.5 cm³/mol. The van der Waals surface area contributed by atoms with Crippen LogP contribution in [0, 0.1) is 11.7 Å². The van der Waals surface area contributed by atoms with Gasteiger partial charge < -0.3 is 5.32 Å². The maximum absolute atomic E-state index is 13.5. The highest BCUT2D eigenvalue weighted by atomic mass is 32.2. The quantitative estimate of drug-likeness (QED) is 0.779. The predicted octanol–water partition coefficient (Wildman–Crippen LogP) is 4.09. The molecule has 0 heterocycles. The summed E-state index contributed by atoms with van der Waals surface area (Å²) in [6.45, 7) is 0. The van der Waals surface area contributed by atoms with Crippen LogP contribution in [0.4, 0.5) is 4.39 Å². The van der Waals surface area contributed by atoms with Gasteiger partial charge in [0.2, 0.25) is 0 Å². The van der Waals surface area contributed by atoms with Gasteiger partial charge in [0.15, 0.2) is 0 Å². The highest BCUT2D eigenvalue weighted by Gasteiger charge is 2.19. The summed E-state index contributed by atoms with van der Waals surface area (Å²) >= 11 is 1.63. The van der Waals surface area contributed by atoms with Crippen LogP contribution >= 0.6 is 11.8 Å². The largest absolute Gasteiger partial charge is 0.316 e. The van der Waals surface area contributed by atoms with Crippen molar-refractivity contribution in [3.63, 3.8) is 0 Å². The highest BCUT2D eigenvalue weighted by Crippen LogP contribution is 2.30. The second-order valence-corrected chi connectivity index (χ2v) is 6.18. The van der Waals surface area contributed by atoms with Crippen molar-refractivity contribution in [2.45, 2.75) is 43.0 Å². The lowest BCUT2D eigenvalue weighted by atomic mass is 9.99. The summed E-state index contributed by atoms with van der Waals surface area (Å²) in [5.74, 6) is 1.73. The molecule has 0 aromatic heterocycles. The fraction of sp³-hybridized carbons (Fsp3) is 0.600. The molecule has 0 aliphatic heterocycles. The Balaban J connectivity index is 1.81. The molecular formula is C15H22FNS. The van der Waals surface area contributed by atoms with Gasteiger partial charge in [-0.1, -0.05) is 37.8 Å². The van der Waals surface area contributed by atoms with E-state index in [0.717, 1.165) is 16.6 Å². The minimum absolute atomic E-state index is 0.0989. The molecule has 0 radical (unpaired) electrons. The molecule has 1 unspecified atom stereocenters. The molecule has 3 heteroatoms. The molecule has 1 aliphatic rings. The normalized spacial score (nSPS) is 18.1. The zero-order chi connectivity index (χ0) is 12.8. The molecule has 1 aromatic carbocycles. The molecule has 0 spiro atoms. The van der Waals surface area contributed by atoms with Crippen molar-refractivity contribution in [3.05, 3.63) is 30.1 Å². The molecule has 0 amide bonds. The molecule has 1 aromatic rings. The first-order chi connectivity index (χ1) is 8.79. The summed E-state index contributed by atoms with van der Waals surface area (Å²) in [6.07, 6.45) is 6.77. The van der Waals surface area contributed by atoms with Gasteiger partial charge in [-0.3, -0.25) is 0 Å². The molecule has 100 valence electrons. The van der Waals surface area contributed by atoms with E-state index in [4.69, 9.17) is 0 Å². The molecule has 0 bridgehead atoms. The average molecular weight is 267 g/mol. The standard InChI is InChI=1S/C15H22FNS/c1-17-13(10-12-6-2-3-7-12)11-18-15-9-5-4-8-14(15)16/h4-5,8-9,12-13,17H,2-3,6-7,10-11H2,1H3. The Morgan fingerprint density at radius 2 is 2.06 bits per heavy atom. The van der Waals surface area contributed by atoms with Crippen LogP contribution in [-0.2, 0) is 0 Å². The van der Waals surface area contributed by atoms with Crippen molar-refractivity contribution in [1.82, 2.24) is 5.32 Å². The molecule has 0 saturated heterocycles. The fourth-order valence-corrected chi connectivity index (χ4v) is 3.73. The van der Waals surface area contributed by atoms with Gasteiger partial charge in [-0.2, -0.15) is 0 Å². The molecule has 2 rings (SSSR count). The third kappa shape index (κ3) is 3.99. The van der Waals surface area contributed by atoms with Gasteiger partial charge in [-0.05, 0) is 31.5 Å². The number of benzene rings is 1. The van der Waals surface area contributed by atoms with Crippen molar-refractivity contribution in [2.75, 3.05) is 12.8 Å². The lowest BCUT2D eigenvalue weighted by molar-refractivity contribution is 0.427. The summed E-state index contributed by atoms with van der Waals surface area (Å²) in [6, 6.07) is 7.54. The molecule has 1 fully saturated rings. The van der Waals surface area contributed by atoms with E-state index in [2.05, 4.69) is 5.32 Å². The van der Waals surface area contributed by atoms with Gasteiger partial charge in [0.25, 0.3) is 0 Å². The van der Waals surface area contributed by atoms with Crippen LogP contribution in [0.3, 0.4) is 0 Å². The van der Waals surface area contributed by atoms with E-state index in [1.54, 1.807) is 17.8 Å². The monoisotopic (exact) mass is 267 g/mol. The lowest BCUT2D eigenvalue weighted by Gasteiger charge is -2.19. The van der Waals surface area contributed by atoms with E-state index >= 15 is 0 Å². The van der Waals surface area contributed by atoms with Crippen LogP contribution in [-0.4, -0.2) is 18.8 Å². The van der Waals surface area contributed by atoms with Crippen LogP contribution in [0.1, 0.15) is 32.1 Å². The van der Waals surface area contributed by atoms with E-state index in [-0.39, 0.29) is 5.82 Å². The summed E-state index contributed by atoms with van der Waals surface area (Å²) in [5, 5.41) is 3.38. The maximum atomic E-state index is 13.5. The molecule has 18 heavy (non-hydrogen) atoms. The topological polar surface area (TPSA) is 12.0 Å². The van der Waals surface area contributed by atoms with Gasteiger partial charge in [0.1, 0.15) is 5.82 Å². The lowest BCUT2D eigenvalue weighted by Crippen LogP contribution is -2.29. The Kier molecular flexibility index (Phi) is 5.51. The van der Waals surface area contributed by atoms with Crippen molar-refractivity contribution in [2.24, 2.45) is 5.92 Å². The Morgan fingerprint density at radius 1 is 1.33 bits per heavy atom. The zero-order valence-corrected chi connectivity index (χ0v) is 11.8. The number of rotatable bonds is 6. The summed E-state index contributed by atoms with van der Waals surface area (Å²) in [4.78, 5) is 0.768. The smallest absolute Gasteiger partial charge is 0.136 e. The zero-order valence-electron chi connectivity index (χ0n) is 11.0. The number of hydrogen-bond donors (Lipinski definition) is 1. The third-order valence-electron chi connectivity index (χ3n) is 3.78. The Labute approximate surface area is 114 Å². The Hall–Kier alpha value is -0.540. The Bertz CT molecular complexity index is 363. The van der Waals surface area contributed by atoms with Crippen LogP contribution in [0.15, 0.2) is 29.2 Å². The van der Waals surface area contributed by atoms with Gasteiger partial charge in [0, 0.05) is 16.7 Å². The SMILES string of the molecule is CNC(CSc1ccccc1F)CC1CCCC1. The molecule has 1 aliphatic carbocycles. The summed E-state index contributed by atoms with van der Waals surface area (Å²) in [7, 11) is 2.02. The van der Waals surface area contributed by atoms with Gasteiger partial charge in [-0.25, -0.2) is 4.39 Å². The Morgan fingerprint density at radius 3 is 2.72 bits per heavy atom. The third-order valence-corrected chi connectivity index (χ3v) is 4.99. The van der Waals surface area contributed by atoms with Crippen molar-refractivity contribution in [1.29, 1.82) is 0 Å². The molecule has 1 atom stereocenters. The van der Waals surface area contributed by atoms with Gasteiger partial charge in [-0.15, -0.1) is 11.8 Å².